The highest BCUT2D eigenvalue weighted by Gasteiger charge is 2.52. The minimum absolute atomic E-state index is 0.189. The summed E-state index contributed by atoms with van der Waals surface area (Å²) >= 11 is 1.88. The molecule has 1 fully saturated rings. The molecular formula is C16H18INO5. The molecule has 1 heterocycles. The molecule has 0 bridgehead atoms. The lowest BCUT2D eigenvalue weighted by Gasteiger charge is -2.38. The van der Waals surface area contributed by atoms with Gasteiger partial charge < -0.3 is 15.1 Å². The zero-order valence-corrected chi connectivity index (χ0v) is 14.8. The van der Waals surface area contributed by atoms with Crippen LogP contribution >= 0.6 is 22.6 Å². The van der Waals surface area contributed by atoms with E-state index in [-0.39, 0.29) is 5.91 Å². The van der Waals surface area contributed by atoms with Gasteiger partial charge in [-0.15, -0.1) is 0 Å². The molecule has 2 rings (SSSR count). The molecule has 0 aliphatic carbocycles. The number of rotatable bonds is 5. The number of amides is 1. The van der Waals surface area contributed by atoms with E-state index in [4.69, 9.17) is 0 Å². The van der Waals surface area contributed by atoms with Crippen LogP contribution in [-0.2, 0) is 9.59 Å². The van der Waals surface area contributed by atoms with Crippen LogP contribution in [0.3, 0.4) is 0 Å². The average Bonchev–Trinajstić information content (AvgIpc) is 2.96. The van der Waals surface area contributed by atoms with Crippen molar-refractivity contribution in [2.45, 2.75) is 29.2 Å². The fourth-order valence-corrected chi connectivity index (χ4v) is 4.30. The number of nitrogens with zero attached hydrogens (tertiary/aromatic N) is 1. The van der Waals surface area contributed by atoms with Gasteiger partial charge in [0.2, 0.25) is 0 Å². The summed E-state index contributed by atoms with van der Waals surface area (Å²) in [7, 11) is 0. The first kappa shape index (κ1) is 17.7. The lowest BCUT2D eigenvalue weighted by atomic mass is 9.86. The number of alkyl halides is 1. The van der Waals surface area contributed by atoms with Crippen molar-refractivity contribution in [1.82, 2.24) is 4.90 Å². The third-order valence-corrected chi connectivity index (χ3v) is 5.59. The molecular weight excluding hydrogens is 413 g/mol. The van der Waals surface area contributed by atoms with Crippen molar-refractivity contribution in [2.24, 2.45) is 5.92 Å². The van der Waals surface area contributed by atoms with E-state index in [2.05, 4.69) is 0 Å². The van der Waals surface area contributed by atoms with Crippen LogP contribution in [-0.4, -0.2) is 49.0 Å². The molecule has 0 saturated carbocycles. The lowest BCUT2D eigenvalue weighted by molar-refractivity contribution is -0.156. The molecule has 1 aromatic rings. The Morgan fingerprint density at radius 2 is 1.78 bits per heavy atom. The summed E-state index contributed by atoms with van der Waals surface area (Å²) < 4.78 is -1.10. The molecule has 7 heteroatoms. The zero-order chi connectivity index (χ0) is 17.2. The average molecular weight is 431 g/mol. The van der Waals surface area contributed by atoms with Gasteiger partial charge in [0.05, 0.1) is 3.42 Å². The monoisotopic (exact) mass is 431 g/mol. The van der Waals surface area contributed by atoms with E-state index < -0.39 is 27.3 Å². The number of hydrogen-bond acceptors (Lipinski definition) is 3. The molecule has 0 radical (unpaired) electrons. The van der Waals surface area contributed by atoms with Crippen molar-refractivity contribution in [3.8, 4) is 0 Å². The molecule has 2 atom stereocenters. The number of carbonyl (C=O) groups is 3. The standard InChI is InChI=1S/C16H18INO5/c1-16(17,12(14(20)21)15(22)23)11-8-5-9-18(11)13(19)10-6-3-2-4-7-10/h2-4,6-7,11-12H,5,8-9H2,1H3,(H,20,21)(H,22,23). The summed E-state index contributed by atoms with van der Waals surface area (Å²) in [6.45, 7) is 2.10. The highest BCUT2D eigenvalue weighted by Crippen LogP contribution is 2.40. The minimum Gasteiger partial charge on any atom is -0.481 e. The quantitative estimate of drug-likeness (QED) is 0.424. The Bertz CT molecular complexity index is 602. The maximum Gasteiger partial charge on any atom is 0.319 e. The Kier molecular flexibility index (Phi) is 5.28. The van der Waals surface area contributed by atoms with E-state index in [1.165, 1.54) is 0 Å². The number of carboxylic acids is 2. The van der Waals surface area contributed by atoms with E-state index in [1.807, 2.05) is 28.7 Å². The topological polar surface area (TPSA) is 94.9 Å². The third-order valence-electron chi connectivity index (χ3n) is 4.24. The van der Waals surface area contributed by atoms with Gasteiger partial charge in [-0.2, -0.15) is 0 Å². The van der Waals surface area contributed by atoms with Crippen LogP contribution in [0.1, 0.15) is 30.1 Å². The first-order valence-corrected chi connectivity index (χ1v) is 8.35. The van der Waals surface area contributed by atoms with Gasteiger partial charge in [0.15, 0.2) is 5.92 Å². The number of halogens is 1. The van der Waals surface area contributed by atoms with Gasteiger partial charge in [-0.1, -0.05) is 40.8 Å². The SMILES string of the molecule is CC(I)(C(C(=O)O)C(=O)O)C1CCCN1C(=O)c1ccccc1. The van der Waals surface area contributed by atoms with Gasteiger partial charge in [-0.25, -0.2) is 0 Å². The smallest absolute Gasteiger partial charge is 0.319 e. The highest BCUT2D eigenvalue weighted by atomic mass is 127. The Balaban J connectivity index is 2.32. The molecule has 1 aromatic carbocycles. The summed E-state index contributed by atoms with van der Waals surface area (Å²) in [6.07, 6.45) is 1.32. The number of likely N-dealkylation sites (tertiary alicyclic amines) is 1. The van der Waals surface area contributed by atoms with Gasteiger partial charge in [-0.3, -0.25) is 14.4 Å². The van der Waals surface area contributed by atoms with E-state index >= 15 is 0 Å². The van der Waals surface area contributed by atoms with Crippen LogP contribution in [0.4, 0.5) is 0 Å². The van der Waals surface area contributed by atoms with E-state index in [0.717, 1.165) is 6.42 Å². The Labute approximate surface area is 147 Å². The fourth-order valence-electron chi connectivity index (χ4n) is 3.12. The predicted octanol–water partition coefficient (Wildman–Crippen LogP) is 2.27. The Morgan fingerprint density at radius 1 is 1.22 bits per heavy atom. The maximum absolute atomic E-state index is 12.7. The summed E-state index contributed by atoms with van der Waals surface area (Å²) in [5, 5.41) is 18.6. The van der Waals surface area contributed by atoms with Gasteiger partial charge in [0.1, 0.15) is 0 Å². The first-order valence-electron chi connectivity index (χ1n) is 7.27. The number of carboxylic acid groups (broad SMARTS) is 2. The number of hydrogen-bond donors (Lipinski definition) is 2. The molecule has 23 heavy (non-hydrogen) atoms. The molecule has 1 saturated heterocycles. The van der Waals surface area contributed by atoms with Crippen LogP contribution in [0.5, 0.6) is 0 Å². The second kappa shape index (κ2) is 6.86. The summed E-state index contributed by atoms with van der Waals surface area (Å²) in [4.78, 5) is 37.1. The van der Waals surface area contributed by atoms with Crippen LogP contribution in [0.25, 0.3) is 0 Å². The van der Waals surface area contributed by atoms with Crippen molar-refractivity contribution in [3.63, 3.8) is 0 Å². The summed E-state index contributed by atoms with van der Waals surface area (Å²) in [5.74, 6) is -4.52. The van der Waals surface area contributed by atoms with E-state index in [1.54, 1.807) is 36.1 Å². The molecule has 124 valence electrons. The molecule has 1 aliphatic rings. The van der Waals surface area contributed by atoms with E-state index in [9.17, 15) is 24.6 Å². The maximum atomic E-state index is 12.7. The molecule has 6 nitrogen and oxygen atoms in total. The first-order chi connectivity index (χ1) is 10.8. The number of carbonyl (C=O) groups excluding carboxylic acids is 1. The fraction of sp³-hybridized carbons (Fsp3) is 0.438. The van der Waals surface area contributed by atoms with Gasteiger partial charge in [0.25, 0.3) is 5.91 Å². The summed E-state index contributed by atoms with van der Waals surface area (Å²) in [6, 6.07) is 8.30. The third kappa shape index (κ3) is 3.49. The minimum atomic E-state index is -1.57. The molecule has 2 N–H and O–H groups in total. The zero-order valence-electron chi connectivity index (χ0n) is 12.6. The van der Waals surface area contributed by atoms with Crippen molar-refractivity contribution >= 4 is 40.4 Å². The molecule has 1 amide bonds. The van der Waals surface area contributed by atoms with Crippen LogP contribution in [0.2, 0.25) is 0 Å². The van der Waals surface area contributed by atoms with Crippen LogP contribution < -0.4 is 0 Å². The van der Waals surface area contributed by atoms with Crippen LogP contribution in [0.15, 0.2) is 30.3 Å². The molecule has 0 aromatic heterocycles. The van der Waals surface area contributed by atoms with Crippen molar-refractivity contribution in [1.29, 1.82) is 0 Å². The number of aliphatic carboxylic acids is 2. The Hall–Kier alpha value is -1.64. The molecule has 2 unspecified atom stereocenters. The normalized spacial score (nSPS) is 20.3. The largest absolute Gasteiger partial charge is 0.481 e. The van der Waals surface area contributed by atoms with Crippen LogP contribution in [0, 0.1) is 5.92 Å². The van der Waals surface area contributed by atoms with Crippen molar-refractivity contribution in [3.05, 3.63) is 35.9 Å². The van der Waals surface area contributed by atoms with E-state index in [0.29, 0.717) is 18.5 Å². The van der Waals surface area contributed by atoms with Crippen molar-refractivity contribution in [2.75, 3.05) is 6.54 Å². The highest BCUT2D eigenvalue weighted by molar-refractivity contribution is 14.1. The molecule has 0 spiro atoms. The van der Waals surface area contributed by atoms with Gasteiger partial charge in [-0.05, 0) is 31.9 Å². The lowest BCUT2D eigenvalue weighted by Crippen LogP contribution is -2.54. The summed E-state index contributed by atoms with van der Waals surface area (Å²) in [5.41, 5.74) is 0.522. The van der Waals surface area contributed by atoms with Gasteiger partial charge >= 0.3 is 11.9 Å². The number of benzene rings is 1. The van der Waals surface area contributed by atoms with Gasteiger partial charge in [0, 0.05) is 18.2 Å². The predicted molar refractivity (Wildman–Crippen MR) is 91.7 cm³/mol. The molecule has 1 aliphatic heterocycles. The Morgan fingerprint density at radius 3 is 2.30 bits per heavy atom. The second-order valence-corrected chi connectivity index (χ2v) is 8.11. The second-order valence-electron chi connectivity index (χ2n) is 5.78. The van der Waals surface area contributed by atoms with Crippen molar-refractivity contribution < 1.29 is 24.6 Å².